The van der Waals surface area contributed by atoms with Gasteiger partial charge in [0.25, 0.3) is 0 Å². The van der Waals surface area contributed by atoms with Gasteiger partial charge in [0.05, 0.1) is 0 Å². The predicted molar refractivity (Wildman–Crippen MR) is 24.6 cm³/mol. The van der Waals surface area contributed by atoms with E-state index in [0.717, 1.165) is 0 Å². The predicted octanol–water partition coefficient (Wildman–Crippen LogP) is -1.87. The summed E-state index contributed by atoms with van der Waals surface area (Å²) < 4.78 is 0. The van der Waals surface area contributed by atoms with Crippen LogP contribution in [-0.4, -0.2) is 14.3 Å². The molecule has 5 heavy (non-hydrogen) atoms. The molecule has 0 aromatic heterocycles. The third kappa shape index (κ3) is 10.7. The van der Waals surface area contributed by atoms with Crippen molar-refractivity contribution in [2.45, 2.75) is 12.2 Å². The Hall–Kier alpha value is 2.46. The van der Waals surface area contributed by atoms with Crippen LogP contribution in [0.25, 0.3) is 0 Å². The summed E-state index contributed by atoms with van der Waals surface area (Å²) in [6.07, 6.45) is 0. The van der Waals surface area contributed by atoms with Crippen LogP contribution in [0.4, 0.5) is 0 Å². The molecule has 0 heterocycles. The Kier molecular flexibility index (Phi) is 20.2. The van der Waals surface area contributed by atoms with Gasteiger partial charge in [-0.1, -0.05) is 12.2 Å². The first kappa shape index (κ1) is 10.4. The summed E-state index contributed by atoms with van der Waals surface area (Å²) in [7, 11) is 5.32. The first-order chi connectivity index (χ1) is 1.91. The second-order valence-corrected chi connectivity index (χ2v) is 3.20. The Morgan fingerprint density at radius 2 is 2.20 bits per heavy atom. The van der Waals surface area contributed by atoms with Gasteiger partial charge < -0.3 is 1.43 Å². The standard InChI is InChI=1S/C2H5.Al.ClH.K.2H/c1-2;;;;;/h1H2,2H3;;1H;;;/q;+1;;+1;;-1/p-1. The topological polar surface area (TPSA) is 0 Å². The Morgan fingerprint density at radius 1 is 2.00 bits per heavy atom. The maximum absolute atomic E-state index is 5.32. The fourth-order valence-corrected chi connectivity index (χ4v) is 0. The molecule has 0 radical (unpaired) electrons. The minimum absolute atomic E-state index is 0. The molecule has 0 amide bonds. The second kappa shape index (κ2) is 9.68. The normalized spacial score (nSPS) is 5.20. The van der Waals surface area contributed by atoms with Crippen molar-refractivity contribution in [3.63, 3.8) is 0 Å². The molecule has 26 valence electrons. The maximum atomic E-state index is 5.32. The van der Waals surface area contributed by atoms with Gasteiger partial charge in [0.15, 0.2) is 0 Å². The molecular formula is C2H7AlClK. The summed E-state index contributed by atoms with van der Waals surface area (Å²) in [4.78, 5) is 0. The van der Waals surface area contributed by atoms with Crippen LogP contribution in [0.15, 0.2) is 0 Å². The van der Waals surface area contributed by atoms with Gasteiger partial charge in [-0.15, -0.1) is 0 Å². The molecule has 0 fully saturated rings. The third-order valence-electron chi connectivity index (χ3n) is 0.189. The smallest absolute Gasteiger partial charge is 1.00 e. The fourth-order valence-electron chi connectivity index (χ4n) is 0. The van der Waals surface area contributed by atoms with Gasteiger partial charge >= 0.3 is 65.7 Å². The molecule has 0 nitrogen and oxygen atoms in total. The van der Waals surface area contributed by atoms with Crippen LogP contribution in [0.1, 0.15) is 8.35 Å². The molecule has 0 aliphatic rings. The van der Waals surface area contributed by atoms with E-state index in [2.05, 4.69) is 6.92 Å². The van der Waals surface area contributed by atoms with E-state index < -0.39 is 0 Å². The van der Waals surface area contributed by atoms with E-state index in [9.17, 15) is 0 Å². The second-order valence-electron chi connectivity index (χ2n) is 0.689. The van der Waals surface area contributed by atoms with E-state index in [0.29, 0.717) is 0 Å². The zero-order valence-electron chi connectivity index (χ0n) is 4.79. The number of hydrogen-bond acceptors (Lipinski definition) is 0. The van der Waals surface area contributed by atoms with Crippen molar-refractivity contribution >= 4 is 24.3 Å². The van der Waals surface area contributed by atoms with Crippen molar-refractivity contribution < 1.29 is 52.8 Å². The molecular weight excluding hydrogens is 126 g/mol. The molecule has 0 saturated carbocycles. The van der Waals surface area contributed by atoms with Crippen LogP contribution in [0, 0.1) is 0 Å². The quantitative estimate of drug-likeness (QED) is 0.367. The van der Waals surface area contributed by atoms with Crippen LogP contribution >= 0.6 is 10.0 Å². The summed E-state index contributed by atoms with van der Waals surface area (Å²) in [5.41, 5.74) is 0. The monoisotopic (exact) mass is 132 g/mol. The zero-order valence-corrected chi connectivity index (χ0v) is 9.09. The SMILES string of the molecule is C[CH2][AlH][Cl].[H-].[K+]. The number of rotatable bonds is 1. The summed E-state index contributed by atoms with van der Waals surface area (Å²) >= 11 is -0.103. The van der Waals surface area contributed by atoms with E-state index in [1.165, 1.54) is 5.28 Å². The molecule has 0 saturated heterocycles. The minimum atomic E-state index is -0.103. The Labute approximate surface area is 87.5 Å². The zero-order chi connectivity index (χ0) is 3.41. The first-order valence-electron chi connectivity index (χ1n) is 1.47. The largest absolute Gasteiger partial charge is 1.00 e. The van der Waals surface area contributed by atoms with Crippen molar-refractivity contribution in [1.29, 1.82) is 0 Å². The van der Waals surface area contributed by atoms with Crippen LogP contribution in [0.5, 0.6) is 0 Å². The van der Waals surface area contributed by atoms with Gasteiger partial charge in [-0.3, -0.25) is 10.0 Å². The molecule has 0 N–H and O–H groups in total. The van der Waals surface area contributed by atoms with Crippen molar-refractivity contribution in [3.05, 3.63) is 0 Å². The maximum Gasteiger partial charge on any atom is 1.00 e. The van der Waals surface area contributed by atoms with E-state index >= 15 is 0 Å². The van der Waals surface area contributed by atoms with Gasteiger partial charge in [-0.2, -0.15) is 0 Å². The summed E-state index contributed by atoms with van der Waals surface area (Å²) in [5.74, 6) is 0. The van der Waals surface area contributed by atoms with E-state index in [4.69, 9.17) is 10.0 Å². The Morgan fingerprint density at radius 3 is 2.20 bits per heavy atom. The van der Waals surface area contributed by atoms with E-state index in [1.807, 2.05) is 0 Å². The van der Waals surface area contributed by atoms with E-state index in [1.54, 1.807) is 0 Å². The first-order valence-corrected chi connectivity index (χ1v) is 4.61. The van der Waals surface area contributed by atoms with Crippen LogP contribution in [-0.2, 0) is 0 Å². The third-order valence-corrected chi connectivity index (χ3v) is 1.70. The Bertz CT molecular complexity index is 15.5. The molecule has 0 aliphatic heterocycles. The molecule has 0 bridgehead atoms. The average Bonchev–Trinajstić information content (AvgIpc) is 1.37. The fraction of sp³-hybridized carbons (Fsp3) is 1.00. The molecule has 0 aromatic rings. The molecule has 0 unspecified atom stereocenters. The van der Waals surface area contributed by atoms with E-state index in [-0.39, 0.29) is 67.1 Å². The van der Waals surface area contributed by atoms with Crippen LogP contribution < -0.4 is 51.4 Å². The summed E-state index contributed by atoms with van der Waals surface area (Å²) in [6, 6.07) is 0. The Balaban J connectivity index is -0.0000000450. The molecule has 0 aliphatic carbocycles. The molecule has 0 spiro atoms. The molecule has 3 heteroatoms. The molecule has 0 atom stereocenters. The summed E-state index contributed by atoms with van der Waals surface area (Å²) in [5, 5.41) is 1.22. The average molecular weight is 133 g/mol. The van der Waals surface area contributed by atoms with Gasteiger partial charge in [-0.05, 0) is 0 Å². The van der Waals surface area contributed by atoms with Crippen molar-refractivity contribution in [3.8, 4) is 0 Å². The molecule has 0 aromatic carbocycles. The van der Waals surface area contributed by atoms with Crippen LogP contribution in [0.2, 0.25) is 5.28 Å². The number of hydrogen-bond donors (Lipinski definition) is 0. The summed E-state index contributed by atoms with van der Waals surface area (Å²) in [6.45, 7) is 2.11. The van der Waals surface area contributed by atoms with Gasteiger partial charge in [0, 0.05) is 0 Å². The molecule has 0 rings (SSSR count). The van der Waals surface area contributed by atoms with Gasteiger partial charge in [-0.25, -0.2) is 0 Å². The van der Waals surface area contributed by atoms with Crippen molar-refractivity contribution in [2.24, 2.45) is 0 Å². The van der Waals surface area contributed by atoms with Gasteiger partial charge in [0.1, 0.15) is 0 Å². The number of halogens is 1. The van der Waals surface area contributed by atoms with Crippen molar-refractivity contribution in [2.75, 3.05) is 0 Å². The minimum Gasteiger partial charge on any atom is -1.00 e. The van der Waals surface area contributed by atoms with Gasteiger partial charge in [0.2, 0.25) is 0 Å². The van der Waals surface area contributed by atoms with Crippen LogP contribution in [0.3, 0.4) is 0 Å². The van der Waals surface area contributed by atoms with Crippen molar-refractivity contribution in [1.82, 2.24) is 0 Å².